The van der Waals surface area contributed by atoms with Gasteiger partial charge in [-0.3, -0.25) is 0 Å². The Hall–Kier alpha value is 0.370. The summed E-state index contributed by atoms with van der Waals surface area (Å²) in [4.78, 5) is 0. The quantitative estimate of drug-likeness (QED) is 0.591. The highest BCUT2D eigenvalue weighted by Crippen LogP contribution is 2.69. The molecule has 0 saturated heterocycles. The third kappa shape index (κ3) is 1.41. The van der Waals surface area contributed by atoms with Gasteiger partial charge < -0.3 is 0 Å². The van der Waals surface area contributed by atoms with Gasteiger partial charge in [0.25, 0.3) is 0 Å². The number of rotatable bonds is 1. The summed E-state index contributed by atoms with van der Waals surface area (Å²) in [6, 6.07) is 0. The van der Waals surface area contributed by atoms with Gasteiger partial charge >= 0.3 is 6.18 Å². The Bertz CT molecular complexity index is 199. The van der Waals surface area contributed by atoms with Gasteiger partial charge in [-0.1, -0.05) is 13.8 Å². The molecule has 12 heavy (non-hydrogen) atoms. The first kappa shape index (κ1) is 10.5. The molecule has 72 valence electrons. The summed E-state index contributed by atoms with van der Waals surface area (Å²) < 4.78 is 35.4. The van der Waals surface area contributed by atoms with Crippen LogP contribution in [0.4, 0.5) is 13.2 Å². The highest BCUT2D eigenvalue weighted by atomic mass is 35.5. The van der Waals surface area contributed by atoms with Crippen LogP contribution < -0.4 is 0 Å². The maximum atomic E-state index is 12.2. The SMILES string of the molecule is C[C@H](C(F)(F)F)C1(C)CC1(Cl)Cl. The molecule has 1 fully saturated rings. The molecule has 1 aliphatic carbocycles. The van der Waals surface area contributed by atoms with E-state index >= 15 is 0 Å². The van der Waals surface area contributed by atoms with Crippen LogP contribution in [0.2, 0.25) is 0 Å². The molecule has 1 unspecified atom stereocenters. The summed E-state index contributed by atoms with van der Waals surface area (Å²) >= 11 is 11.2. The Morgan fingerprint density at radius 3 is 1.75 bits per heavy atom. The molecule has 2 atom stereocenters. The third-order valence-corrected chi connectivity index (χ3v) is 3.88. The lowest BCUT2D eigenvalue weighted by atomic mass is 9.92. The molecule has 0 radical (unpaired) electrons. The molecule has 0 aromatic carbocycles. The van der Waals surface area contributed by atoms with Gasteiger partial charge in [-0.25, -0.2) is 0 Å². The number of alkyl halides is 5. The van der Waals surface area contributed by atoms with E-state index in [4.69, 9.17) is 23.2 Å². The molecule has 0 spiro atoms. The van der Waals surface area contributed by atoms with Crippen molar-refractivity contribution in [3.8, 4) is 0 Å². The lowest BCUT2D eigenvalue weighted by Gasteiger charge is -2.23. The van der Waals surface area contributed by atoms with Crippen LogP contribution in [0.25, 0.3) is 0 Å². The third-order valence-electron chi connectivity index (χ3n) is 2.75. The Kier molecular flexibility index (Phi) is 2.13. The van der Waals surface area contributed by atoms with E-state index in [2.05, 4.69) is 0 Å². The second kappa shape index (κ2) is 2.44. The first-order valence-corrected chi connectivity index (χ1v) is 4.31. The molecule has 0 heterocycles. The molecule has 0 N–H and O–H groups in total. The van der Waals surface area contributed by atoms with Crippen molar-refractivity contribution in [3.05, 3.63) is 0 Å². The van der Waals surface area contributed by atoms with Crippen molar-refractivity contribution in [2.45, 2.75) is 30.8 Å². The van der Waals surface area contributed by atoms with E-state index < -0.39 is 21.8 Å². The Morgan fingerprint density at radius 1 is 1.33 bits per heavy atom. The van der Waals surface area contributed by atoms with E-state index in [1.165, 1.54) is 6.92 Å². The molecule has 1 aliphatic rings. The summed E-state index contributed by atoms with van der Waals surface area (Å²) in [6.07, 6.45) is -4.00. The summed E-state index contributed by atoms with van der Waals surface area (Å²) in [7, 11) is 0. The molecule has 0 bridgehead atoms. The zero-order chi connectivity index (χ0) is 9.78. The van der Waals surface area contributed by atoms with Crippen LogP contribution in [0.1, 0.15) is 20.3 Å². The molecule has 0 nitrogen and oxygen atoms in total. The number of halogens is 5. The molecule has 0 aliphatic heterocycles. The molecule has 0 aromatic heterocycles. The van der Waals surface area contributed by atoms with Crippen molar-refractivity contribution in [1.29, 1.82) is 0 Å². The Balaban J connectivity index is 2.75. The zero-order valence-corrected chi connectivity index (χ0v) is 8.19. The minimum absolute atomic E-state index is 0.212. The van der Waals surface area contributed by atoms with Gasteiger partial charge in [-0.2, -0.15) is 13.2 Å². The molecule has 0 aromatic rings. The first-order valence-electron chi connectivity index (χ1n) is 3.56. The van der Waals surface area contributed by atoms with Crippen LogP contribution in [0.5, 0.6) is 0 Å². The topological polar surface area (TPSA) is 0 Å². The standard InChI is InChI=1S/C7H9Cl2F3/c1-4(7(10,11)12)5(2)3-6(5,8)9/h4H,3H2,1-2H3/t4-,5?/m0/s1. The smallest absolute Gasteiger partial charge is 0.171 e. The van der Waals surface area contributed by atoms with Gasteiger partial charge in [0.2, 0.25) is 0 Å². The molecule has 5 heteroatoms. The minimum atomic E-state index is -4.21. The summed E-state index contributed by atoms with van der Waals surface area (Å²) in [5, 5.41) is 0. The van der Waals surface area contributed by atoms with E-state index in [0.29, 0.717) is 0 Å². The van der Waals surface area contributed by atoms with Crippen LogP contribution in [0.3, 0.4) is 0 Å². The van der Waals surface area contributed by atoms with Crippen molar-refractivity contribution >= 4 is 23.2 Å². The summed E-state index contributed by atoms with van der Waals surface area (Å²) in [5.41, 5.74) is -1.01. The van der Waals surface area contributed by atoms with Gasteiger partial charge in [0, 0.05) is 5.41 Å². The Morgan fingerprint density at radius 2 is 1.67 bits per heavy atom. The van der Waals surface area contributed by atoms with Crippen LogP contribution >= 0.6 is 23.2 Å². The lowest BCUT2D eigenvalue weighted by molar-refractivity contribution is -0.186. The number of hydrogen-bond donors (Lipinski definition) is 0. The van der Waals surface area contributed by atoms with Gasteiger partial charge in [0.15, 0.2) is 0 Å². The Labute approximate surface area is 79.0 Å². The predicted molar refractivity (Wildman–Crippen MR) is 42.4 cm³/mol. The summed E-state index contributed by atoms with van der Waals surface area (Å²) in [6.45, 7) is 2.58. The predicted octanol–water partition coefficient (Wildman–Crippen LogP) is 3.77. The van der Waals surface area contributed by atoms with Crippen molar-refractivity contribution in [2.24, 2.45) is 11.3 Å². The monoisotopic (exact) mass is 220 g/mol. The molecular formula is C7H9Cl2F3. The maximum absolute atomic E-state index is 12.2. The fourth-order valence-corrected chi connectivity index (χ4v) is 2.13. The van der Waals surface area contributed by atoms with Gasteiger partial charge in [0.1, 0.15) is 4.33 Å². The van der Waals surface area contributed by atoms with E-state index in [-0.39, 0.29) is 6.42 Å². The molecule has 1 rings (SSSR count). The second-order valence-corrected chi connectivity index (χ2v) is 5.05. The van der Waals surface area contributed by atoms with Crippen molar-refractivity contribution in [1.82, 2.24) is 0 Å². The average Bonchev–Trinajstić information content (AvgIpc) is 2.30. The average molecular weight is 221 g/mol. The van der Waals surface area contributed by atoms with E-state index in [1.807, 2.05) is 0 Å². The van der Waals surface area contributed by atoms with Crippen LogP contribution in [-0.2, 0) is 0 Å². The molecule has 1 saturated carbocycles. The number of hydrogen-bond acceptors (Lipinski definition) is 0. The van der Waals surface area contributed by atoms with Crippen LogP contribution in [0.15, 0.2) is 0 Å². The largest absolute Gasteiger partial charge is 0.392 e. The van der Waals surface area contributed by atoms with Crippen LogP contribution in [0, 0.1) is 11.3 Å². The fourth-order valence-electron chi connectivity index (χ4n) is 1.25. The fraction of sp³-hybridized carbons (Fsp3) is 1.00. The molecule has 0 amide bonds. The normalized spacial score (nSPS) is 36.2. The summed E-state index contributed by atoms with van der Waals surface area (Å²) in [5.74, 6) is -1.44. The van der Waals surface area contributed by atoms with Crippen LogP contribution in [-0.4, -0.2) is 10.5 Å². The van der Waals surface area contributed by atoms with Gasteiger partial charge in [-0.05, 0) is 6.42 Å². The van der Waals surface area contributed by atoms with E-state index in [1.54, 1.807) is 0 Å². The highest BCUT2D eigenvalue weighted by molar-refractivity contribution is 6.51. The van der Waals surface area contributed by atoms with Crippen molar-refractivity contribution in [2.75, 3.05) is 0 Å². The van der Waals surface area contributed by atoms with E-state index in [9.17, 15) is 13.2 Å². The zero-order valence-electron chi connectivity index (χ0n) is 6.67. The highest BCUT2D eigenvalue weighted by Gasteiger charge is 2.70. The first-order chi connectivity index (χ1) is 5.11. The van der Waals surface area contributed by atoms with E-state index in [0.717, 1.165) is 6.92 Å². The lowest BCUT2D eigenvalue weighted by Crippen LogP contribution is -2.30. The maximum Gasteiger partial charge on any atom is 0.392 e. The van der Waals surface area contributed by atoms with Crippen molar-refractivity contribution in [3.63, 3.8) is 0 Å². The minimum Gasteiger partial charge on any atom is -0.171 e. The molecular weight excluding hydrogens is 212 g/mol. The van der Waals surface area contributed by atoms with Gasteiger partial charge in [-0.15, -0.1) is 23.2 Å². The van der Waals surface area contributed by atoms with Gasteiger partial charge in [0.05, 0.1) is 5.92 Å². The second-order valence-electron chi connectivity index (χ2n) is 3.56. The van der Waals surface area contributed by atoms with Crippen molar-refractivity contribution < 1.29 is 13.2 Å².